The second-order valence-electron chi connectivity index (χ2n) is 5.81. The Morgan fingerprint density at radius 3 is 2.52 bits per heavy atom. The molecule has 0 unspecified atom stereocenters. The van der Waals surface area contributed by atoms with Crippen LogP contribution in [-0.2, 0) is 19.1 Å². The van der Waals surface area contributed by atoms with Crippen LogP contribution in [0.3, 0.4) is 0 Å². The first kappa shape index (κ1) is 19.4. The van der Waals surface area contributed by atoms with Gasteiger partial charge in [-0.15, -0.1) is 0 Å². The lowest BCUT2D eigenvalue weighted by Gasteiger charge is -2.32. The van der Waals surface area contributed by atoms with Crippen molar-refractivity contribution in [1.29, 1.82) is 5.26 Å². The van der Waals surface area contributed by atoms with Crippen molar-refractivity contribution in [2.75, 3.05) is 40.0 Å². The second kappa shape index (κ2) is 10.2. The number of carbonyl (C=O) groups excluding carboxylic acids is 2. The maximum Gasteiger partial charge on any atom is 0.320 e. The summed E-state index contributed by atoms with van der Waals surface area (Å²) in [4.78, 5) is 25.6. The van der Waals surface area contributed by atoms with E-state index in [0.29, 0.717) is 32.6 Å². The Balaban J connectivity index is 2.57. The van der Waals surface area contributed by atoms with Crippen LogP contribution in [0.25, 0.3) is 0 Å². The molecule has 1 saturated carbocycles. The minimum absolute atomic E-state index is 0.0319. The third-order valence-corrected chi connectivity index (χ3v) is 3.94. The molecule has 1 amide bonds. The molecule has 7 heteroatoms. The number of hydrogen-bond acceptors (Lipinski definition) is 6. The van der Waals surface area contributed by atoms with Crippen LogP contribution in [0.5, 0.6) is 0 Å². The predicted octanol–water partition coefficient (Wildman–Crippen LogP) is 0.841. The van der Waals surface area contributed by atoms with Crippen LogP contribution in [-0.4, -0.2) is 62.3 Å². The molecule has 7 nitrogen and oxygen atoms in total. The van der Waals surface area contributed by atoms with Gasteiger partial charge in [0.25, 0.3) is 0 Å². The molecular formula is C16H27N3O4. The van der Waals surface area contributed by atoms with Crippen molar-refractivity contribution < 1.29 is 19.1 Å². The highest BCUT2D eigenvalue weighted by Gasteiger charge is 2.33. The smallest absolute Gasteiger partial charge is 0.320 e. The van der Waals surface area contributed by atoms with Gasteiger partial charge in [0.15, 0.2) is 0 Å². The molecule has 0 saturated heterocycles. The average molecular weight is 325 g/mol. The van der Waals surface area contributed by atoms with Crippen LogP contribution in [0.15, 0.2) is 0 Å². The fraction of sp³-hybridized carbons (Fsp3) is 0.812. The number of rotatable bonds is 9. The molecule has 0 heterocycles. The third kappa shape index (κ3) is 6.97. The highest BCUT2D eigenvalue weighted by molar-refractivity contribution is 5.80. The molecule has 0 aromatic carbocycles. The van der Waals surface area contributed by atoms with Gasteiger partial charge in [-0.2, -0.15) is 5.26 Å². The van der Waals surface area contributed by atoms with Crippen LogP contribution in [0.2, 0.25) is 0 Å². The Bertz CT molecular complexity index is 428. The van der Waals surface area contributed by atoms with Gasteiger partial charge in [0.1, 0.15) is 5.54 Å². The van der Waals surface area contributed by atoms with Gasteiger partial charge < -0.3 is 14.8 Å². The number of nitrogens with one attached hydrogen (secondary N) is 1. The van der Waals surface area contributed by atoms with Gasteiger partial charge in [-0.25, -0.2) is 0 Å². The summed E-state index contributed by atoms with van der Waals surface area (Å²) in [7, 11) is 1.56. The molecule has 0 atom stereocenters. The molecule has 0 bridgehead atoms. The Labute approximate surface area is 137 Å². The number of nitriles is 1. The van der Waals surface area contributed by atoms with Gasteiger partial charge in [-0.1, -0.05) is 19.3 Å². The number of esters is 1. The average Bonchev–Trinajstić information content (AvgIpc) is 2.53. The fourth-order valence-corrected chi connectivity index (χ4v) is 2.75. The summed E-state index contributed by atoms with van der Waals surface area (Å²) >= 11 is 0. The maximum atomic E-state index is 12.3. The molecular weight excluding hydrogens is 298 g/mol. The van der Waals surface area contributed by atoms with Gasteiger partial charge >= 0.3 is 5.97 Å². The van der Waals surface area contributed by atoms with Crippen molar-refractivity contribution in [1.82, 2.24) is 10.2 Å². The molecule has 0 aliphatic heterocycles. The quantitative estimate of drug-likeness (QED) is 0.632. The molecule has 130 valence electrons. The van der Waals surface area contributed by atoms with Crippen molar-refractivity contribution >= 4 is 11.9 Å². The lowest BCUT2D eigenvalue weighted by Crippen LogP contribution is -2.52. The van der Waals surface area contributed by atoms with Crippen molar-refractivity contribution in [2.24, 2.45) is 0 Å². The minimum Gasteiger partial charge on any atom is -0.465 e. The summed E-state index contributed by atoms with van der Waals surface area (Å²) in [5.41, 5.74) is -0.758. The van der Waals surface area contributed by atoms with Gasteiger partial charge in [0.2, 0.25) is 5.91 Å². The zero-order valence-corrected chi connectivity index (χ0v) is 14.1. The van der Waals surface area contributed by atoms with Crippen molar-refractivity contribution in [3.05, 3.63) is 0 Å². The molecule has 0 radical (unpaired) electrons. The monoisotopic (exact) mass is 325 g/mol. The highest BCUT2D eigenvalue weighted by Crippen LogP contribution is 2.27. The summed E-state index contributed by atoms with van der Waals surface area (Å²) < 4.78 is 9.93. The van der Waals surface area contributed by atoms with E-state index in [9.17, 15) is 14.9 Å². The Kier molecular flexibility index (Phi) is 8.59. The number of hydrogen-bond donors (Lipinski definition) is 1. The number of methoxy groups -OCH3 is 1. The van der Waals surface area contributed by atoms with E-state index in [2.05, 4.69) is 11.4 Å². The van der Waals surface area contributed by atoms with Gasteiger partial charge in [-0.05, 0) is 19.8 Å². The first-order chi connectivity index (χ1) is 11.0. The van der Waals surface area contributed by atoms with E-state index in [1.165, 1.54) is 0 Å². The van der Waals surface area contributed by atoms with Crippen LogP contribution >= 0.6 is 0 Å². The Morgan fingerprint density at radius 1 is 1.26 bits per heavy atom. The van der Waals surface area contributed by atoms with Crippen LogP contribution < -0.4 is 5.32 Å². The Morgan fingerprint density at radius 2 is 1.96 bits per heavy atom. The summed E-state index contributed by atoms with van der Waals surface area (Å²) in [6, 6.07) is 2.26. The van der Waals surface area contributed by atoms with E-state index in [1.54, 1.807) is 18.9 Å². The minimum atomic E-state index is -0.758. The second-order valence-corrected chi connectivity index (χ2v) is 5.81. The van der Waals surface area contributed by atoms with Gasteiger partial charge in [-0.3, -0.25) is 14.5 Å². The molecule has 0 aromatic rings. The molecule has 1 N–H and O–H groups in total. The Hall–Kier alpha value is -1.65. The summed E-state index contributed by atoms with van der Waals surface area (Å²) in [5, 5.41) is 12.3. The van der Waals surface area contributed by atoms with E-state index >= 15 is 0 Å². The van der Waals surface area contributed by atoms with Crippen LogP contribution in [0.4, 0.5) is 0 Å². The molecule has 1 fully saturated rings. The van der Waals surface area contributed by atoms with Crippen LogP contribution in [0, 0.1) is 11.3 Å². The van der Waals surface area contributed by atoms with E-state index < -0.39 is 5.54 Å². The summed E-state index contributed by atoms with van der Waals surface area (Å²) in [6.45, 7) is 2.98. The van der Waals surface area contributed by atoms with Crippen molar-refractivity contribution in [2.45, 2.75) is 44.6 Å². The van der Waals surface area contributed by atoms with E-state index in [4.69, 9.17) is 9.47 Å². The molecule has 1 aliphatic rings. The molecule has 23 heavy (non-hydrogen) atoms. The zero-order chi connectivity index (χ0) is 17.1. The summed E-state index contributed by atoms with van der Waals surface area (Å²) in [6.07, 6.45) is 4.37. The zero-order valence-electron chi connectivity index (χ0n) is 14.1. The topological polar surface area (TPSA) is 91.7 Å². The van der Waals surface area contributed by atoms with E-state index in [-0.39, 0.29) is 25.0 Å². The number of ether oxygens (including phenoxy) is 2. The number of amides is 1. The first-order valence-corrected chi connectivity index (χ1v) is 8.14. The molecule has 0 aromatic heterocycles. The first-order valence-electron chi connectivity index (χ1n) is 8.14. The van der Waals surface area contributed by atoms with Gasteiger partial charge in [0, 0.05) is 13.7 Å². The number of carbonyl (C=O) groups is 2. The molecule has 0 spiro atoms. The van der Waals surface area contributed by atoms with E-state index in [0.717, 1.165) is 19.3 Å². The third-order valence-electron chi connectivity index (χ3n) is 3.94. The number of nitrogens with zero attached hydrogens (tertiary/aromatic N) is 2. The molecule has 1 rings (SSSR count). The SMILES string of the molecule is CCOC(=O)CN(CCOC)CC(=O)NC1(C#N)CCCCC1. The van der Waals surface area contributed by atoms with E-state index in [1.807, 2.05) is 0 Å². The maximum absolute atomic E-state index is 12.3. The van der Waals surface area contributed by atoms with Gasteiger partial charge in [0.05, 0.1) is 32.4 Å². The largest absolute Gasteiger partial charge is 0.465 e. The highest BCUT2D eigenvalue weighted by atomic mass is 16.5. The van der Waals surface area contributed by atoms with Crippen LogP contribution in [0.1, 0.15) is 39.0 Å². The normalized spacial score (nSPS) is 16.6. The predicted molar refractivity (Wildman–Crippen MR) is 84.5 cm³/mol. The van der Waals surface area contributed by atoms with Crippen molar-refractivity contribution in [3.8, 4) is 6.07 Å². The molecule has 1 aliphatic carbocycles. The summed E-state index contributed by atoms with van der Waals surface area (Å²) in [5.74, 6) is -0.613. The fourth-order valence-electron chi connectivity index (χ4n) is 2.75. The lowest BCUT2D eigenvalue weighted by atomic mass is 9.83. The standard InChI is InChI=1S/C16H27N3O4/c1-3-23-15(21)12-19(9-10-22-2)11-14(20)18-16(13-17)7-5-4-6-8-16/h3-12H2,1-2H3,(H,18,20). The lowest BCUT2D eigenvalue weighted by molar-refractivity contribution is -0.144. The van der Waals surface area contributed by atoms with Crippen molar-refractivity contribution in [3.63, 3.8) is 0 Å².